The third-order valence-electron chi connectivity index (χ3n) is 12.8. The topological polar surface area (TPSA) is 3.24 Å². The number of rotatable bonds is 6. The maximum absolute atomic E-state index is 2.38. The second kappa shape index (κ2) is 14.4. The molecule has 1 aliphatic heterocycles. The van der Waals surface area contributed by atoms with Crippen molar-refractivity contribution in [1.82, 2.24) is 0 Å². The first kappa shape index (κ1) is 35.5. The van der Waals surface area contributed by atoms with Gasteiger partial charge >= 0.3 is 0 Å². The second-order valence-corrected chi connectivity index (χ2v) is 17.1. The summed E-state index contributed by atoms with van der Waals surface area (Å²) in [6.07, 6.45) is 0. The lowest BCUT2D eigenvalue weighted by Gasteiger charge is -2.40. The molecule has 0 N–H and O–H groups in total. The Labute approximate surface area is 361 Å². The van der Waals surface area contributed by atoms with Crippen LogP contribution in [0.4, 0.5) is 17.1 Å². The van der Waals surface area contributed by atoms with Crippen LogP contribution in [0.15, 0.2) is 246 Å². The van der Waals surface area contributed by atoms with Gasteiger partial charge < -0.3 is 4.90 Å². The molecule has 2 heteroatoms. The van der Waals surface area contributed by atoms with Crippen LogP contribution in [-0.2, 0) is 5.41 Å². The highest BCUT2D eigenvalue weighted by atomic mass is 32.2. The molecular weight excluding hydrogens is 755 g/mol. The summed E-state index contributed by atoms with van der Waals surface area (Å²) in [6, 6.07) is 87.0. The molecule has 0 aromatic heterocycles. The van der Waals surface area contributed by atoms with Crippen LogP contribution in [0.25, 0.3) is 55.3 Å². The minimum atomic E-state index is -0.432. The molecule has 0 atom stereocenters. The van der Waals surface area contributed by atoms with Gasteiger partial charge in [-0.3, -0.25) is 0 Å². The molecule has 286 valence electrons. The maximum Gasteiger partial charge on any atom is 0.0741 e. The van der Waals surface area contributed by atoms with Gasteiger partial charge in [-0.15, -0.1) is 0 Å². The fraction of sp³-hybridized carbons (Fsp3) is 0.0169. The van der Waals surface area contributed by atoms with Crippen molar-refractivity contribution in [2.75, 3.05) is 4.90 Å². The Balaban J connectivity index is 0.989. The monoisotopic (exact) mass is 793 g/mol. The van der Waals surface area contributed by atoms with E-state index in [1.165, 1.54) is 87.3 Å². The molecule has 0 saturated carbocycles. The molecule has 1 aliphatic carbocycles. The van der Waals surface area contributed by atoms with Crippen molar-refractivity contribution in [3.05, 3.63) is 259 Å². The summed E-state index contributed by atoms with van der Waals surface area (Å²) in [6.45, 7) is 0. The SMILES string of the molecule is c1ccc(-c2ccc(N(c3ccc(-c4ccccc4)cc3)c3ccc(-c4cccc5c6c(ccc45)Sc4ccccc4C64c5ccccc5-c5ccccc54)cc3)cc2)cc1. The van der Waals surface area contributed by atoms with E-state index in [9.17, 15) is 0 Å². The van der Waals surface area contributed by atoms with Crippen molar-refractivity contribution in [1.29, 1.82) is 0 Å². The van der Waals surface area contributed by atoms with Crippen LogP contribution >= 0.6 is 11.8 Å². The zero-order valence-electron chi connectivity index (χ0n) is 33.4. The van der Waals surface area contributed by atoms with Gasteiger partial charge in [0.05, 0.1) is 5.41 Å². The van der Waals surface area contributed by atoms with Gasteiger partial charge in [0.25, 0.3) is 0 Å². The minimum absolute atomic E-state index is 0.432. The summed E-state index contributed by atoms with van der Waals surface area (Å²) in [4.78, 5) is 5.00. The molecule has 10 aromatic carbocycles. The predicted octanol–water partition coefficient (Wildman–Crippen LogP) is 16.1. The van der Waals surface area contributed by atoms with Gasteiger partial charge in [-0.25, -0.2) is 0 Å². The Morgan fingerprint density at radius 2 is 0.721 bits per heavy atom. The van der Waals surface area contributed by atoms with E-state index >= 15 is 0 Å². The molecule has 10 aromatic rings. The number of fused-ring (bicyclic) bond motifs is 11. The van der Waals surface area contributed by atoms with Crippen molar-refractivity contribution < 1.29 is 0 Å². The minimum Gasteiger partial charge on any atom is -0.311 e. The van der Waals surface area contributed by atoms with Crippen LogP contribution in [0.5, 0.6) is 0 Å². The molecule has 0 saturated heterocycles. The van der Waals surface area contributed by atoms with Gasteiger partial charge in [-0.2, -0.15) is 0 Å². The quantitative estimate of drug-likeness (QED) is 0.165. The van der Waals surface area contributed by atoms with Crippen LogP contribution in [0.2, 0.25) is 0 Å². The molecule has 1 nitrogen and oxygen atoms in total. The van der Waals surface area contributed by atoms with E-state index in [1.807, 2.05) is 11.8 Å². The number of nitrogens with zero attached hydrogens (tertiary/aromatic N) is 1. The smallest absolute Gasteiger partial charge is 0.0741 e. The van der Waals surface area contributed by atoms with Crippen molar-refractivity contribution >= 4 is 39.6 Å². The Morgan fingerprint density at radius 3 is 1.28 bits per heavy atom. The van der Waals surface area contributed by atoms with E-state index in [0.717, 1.165) is 17.1 Å². The average molecular weight is 794 g/mol. The van der Waals surface area contributed by atoms with Gasteiger partial charge in [0.1, 0.15) is 0 Å². The summed E-state index contributed by atoms with van der Waals surface area (Å²) in [5.74, 6) is 0. The first-order valence-corrected chi connectivity index (χ1v) is 21.8. The molecule has 12 rings (SSSR count). The standard InChI is InChI=1S/C59H39NS/c1-3-14-40(15-4-1)42-26-32-45(33-27-42)60(46-34-28-43(29-35-46)41-16-5-2-6-17-41)47-36-30-44(31-37-47)48-20-13-21-52-49(48)38-39-57-58(52)59(55-24-11-12-25-56(55)61-57)53-22-9-7-18-50(53)51-19-8-10-23-54(51)59/h1-39H. The van der Waals surface area contributed by atoms with E-state index in [0.29, 0.717) is 0 Å². The zero-order chi connectivity index (χ0) is 40.3. The number of anilines is 3. The Morgan fingerprint density at radius 1 is 0.279 bits per heavy atom. The van der Waals surface area contributed by atoms with Crippen LogP contribution in [-0.4, -0.2) is 0 Å². The van der Waals surface area contributed by atoms with Gasteiger partial charge in [-0.1, -0.05) is 200 Å². The van der Waals surface area contributed by atoms with Crippen LogP contribution in [0.1, 0.15) is 22.3 Å². The highest BCUT2D eigenvalue weighted by molar-refractivity contribution is 7.99. The molecule has 0 amide bonds. The molecule has 2 aliphatic rings. The van der Waals surface area contributed by atoms with E-state index < -0.39 is 5.41 Å². The molecule has 61 heavy (non-hydrogen) atoms. The maximum atomic E-state index is 2.38. The van der Waals surface area contributed by atoms with Crippen molar-refractivity contribution in [3.8, 4) is 44.5 Å². The molecule has 0 bridgehead atoms. The molecular formula is C59H39NS. The van der Waals surface area contributed by atoms with E-state index in [4.69, 9.17) is 0 Å². The predicted molar refractivity (Wildman–Crippen MR) is 256 cm³/mol. The van der Waals surface area contributed by atoms with Gasteiger partial charge in [-0.05, 0) is 126 Å². The van der Waals surface area contributed by atoms with Crippen molar-refractivity contribution in [2.24, 2.45) is 0 Å². The van der Waals surface area contributed by atoms with Crippen LogP contribution in [0, 0.1) is 0 Å². The highest BCUT2D eigenvalue weighted by Gasteiger charge is 2.50. The average Bonchev–Trinajstić information content (AvgIpc) is 3.63. The van der Waals surface area contributed by atoms with Gasteiger partial charge in [0.15, 0.2) is 0 Å². The van der Waals surface area contributed by atoms with Crippen molar-refractivity contribution in [2.45, 2.75) is 15.2 Å². The molecule has 0 fully saturated rings. The molecule has 1 heterocycles. The summed E-state index contributed by atoms with van der Waals surface area (Å²) in [5.41, 5.74) is 18.3. The fourth-order valence-electron chi connectivity index (χ4n) is 10.1. The summed E-state index contributed by atoms with van der Waals surface area (Å²) >= 11 is 1.90. The molecule has 0 unspecified atom stereocenters. The first-order chi connectivity index (χ1) is 30.3. The third-order valence-corrected chi connectivity index (χ3v) is 13.9. The van der Waals surface area contributed by atoms with E-state index in [-0.39, 0.29) is 0 Å². The highest BCUT2D eigenvalue weighted by Crippen LogP contribution is 2.63. The molecule has 0 radical (unpaired) electrons. The molecule has 1 spiro atoms. The van der Waals surface area contributed by atoms with E-state index in [2.05, 4.69) is 241 Å². The van der Waals surface area contributed by atoms with Crippen molar-refractivity contribution in [3.63, 3.8) is 0 Å². The number of hydrogen-bond donors (Lipinski definition) is 0. The number of benzene rings is 10. The lowest BCUT2D eigenvalue weighted by molar-refractivity contribution is 0.730. The summed E-state index contributed by atoms with van der Waals surface area (Å²) < 4.78 is 0. The Kier molecular flexibility index (Phi) is 8.40. The summed E-state index contributed by atoms with van der Waals surface area (Å²) in [7, 11) is 0. The fourth-order valence-corrected chi connectivity index (χ4v) is 11.3. The van der Waals surface area contributed by atoms with Crippen LogP contribution < -0.4 is 4.90 Å². The van der Waals surface area contributed by atoms with Gasteiger partial charge in [0.2, 0.25) is 0 Å². The van der Waals surface area contributed by atoms with Crippen LogP contribution in [0.3, 0.4) is 0 Å². The summed E-state index contributed by atoms with van der Waals surface area (Å²) in [5, 5.41) is 2.56. The van der Waals surface area contributed by atoms with Gasteiger partial charge in [0, 0.05) is 26.9 Å². The largest absolute Gasteiger partial charge is 0.311 e. The number of hydrogen-bond acceptors (Lipinski definition) is 2. The normalized spacial score (nSPS) is 13.0. The Bertz CT molecular complexity index is 3110. The lowest BCUT2D eigenvalue weighted by atomic mass is 9.66. The Hall–Kier alpha value is -7.39. The first-order valence-electron chi connectivity index (χ1n) is 21.0. The third kappa shape index (κ3) is 5.64. The lowest BCUT2D eigenvalue weighted by Crippen LogP contribution is -2.32. The second-order valence-electron chi connectivity index (χ2n) is 16.0. The van der Waals surface area contributed by atoms with E-state index in [1.54, 1.807) is 0 Å². The zero-order valence-corrected chi connectivity index (χ0v) is 34.2.